The molecule has 0 unspecified atom stereocenters. The molecule has 1 aliphatic rings. The van der Waals surface area contributed by atoms with Gasteiger partial charge in [-0.25, -0.2) is 0 Å². The third kappa shape index (κ3) is 3.23. The number of methoxy groups -OCH3 is 1. The van der Waals surface area contributed by atoms with Crippen molar-refractivity contribution in [2.45, 2.75) is 6.04 Å². The minimum atomic E-state index is -0.441. The molecule has 1 aromatic heterocycles. The summed E-state index contributed by atoms with van der Waals surface area (Å²) in [6.07, 6.45) is 0. The summed E-state index contributed by atoms with van der Waals surface area (Å²) in [5.41, 5.74) is 5.70. The van der Waals surface area contributed by atoms with Gasteiger partial charge in [0.2, 0.25) is 0 Å². The number of esters is 1. The SMILES string of the molecule is COC(=O)CN1C(=O)c2ccccc2[C@H]1c1c(-c2ccc3ccccc3c2)n(C)c2ccccc12. The lowest BCUT2D eigenvalue weighted by Crippen LogP contribution is -2.34. The van der Waals surface area contributed by atoms with Crippen LogP contribution in [0.3, 0.4) is 0 Å². The van der Waals surface area contributed by atoms with E-state index in [2.05, 4.69) is 54.1 Å². The minimum Gasteiger partial charge on any atom is -0.468 e. The van der Waals surface area contributed by atoms with Crippen LogP contribution >= 0.6 is 0 Å². The second kappa shape index (κ2) is 8.13. The summed E-state index contributed by atoms with van der Waals surface area (Å²) in [6, 6.07) is 30.2. The van der Waals surface area contributed by atoms with E-state index in [1.54, 1.807) is 4.90 Å². The number of carbonyl (C=O) groups is 2. The smallest absolute Gasteiger partial charge is 0.325 e. The van der Waals surface area contributed by atoms with Gasteiger partial charge in [0, 0.05) is 29.1 Å². The van der Waals surface area contributed by atoms with Crippen molar-refractivity contribution >= 4 is 33.6 Å². The summed E-state index contributed by atoms with van der Waals surface area (Å²) in [5, 5.41) is 3.38. The highest BCUT2D eigenvalue weighted by molar-refractivity contribution is 6.04. The molecule has 0 saturated heterocycles. The maximum Gasteiger partial charge on any atom is 0.325 e. The molecule has 0 aliphatic carbocycles. The molecule has 1 atom stereocenters. The van der Waals surface area contributed by atoms with Gasteiger partial charge in [0.25, 0.3) is 5.91 Å². The van der Waals surface area contributed by atoms with Gasteiger partial charge in [-0.3, -0.25) is 9.59 Å². The van der Waals surface area contributed by atoms with Crippen LogP contribution in [0, 0.1) is 0 Å². The molecule has 0 radical (unpaired) electrons. The van der Waals surface area contributed by atoms with Gasteiger partial charge in [0.15, 0.2) is 0 Å². The van der Waals surface area contributed by atoms with Crippen LogP contribution in [0.15, 0.2) is 91.0 Å². The summed E-state index contributed by atoms with van der Waals surface area (Å²) in [6.45, 7) is -0.116. The van der Waals surface area contributed by atoms with E-state index in [9.17, 15) is 9.59 Å². The van der Waals surface area contributed by atoms with Crippen LogP contribution in [-0.2, 0) is 16.6 Å². The zero-order chi connectivity index (χ0) is 24.1. The average Bonchev–Trinajstić information content (AvgIpc) is 3.34. The fraction of sp³-hybridized carbons (Fsp3) is 0.133. The third-order valence-electron chi connectivity index (χ3n) is 7.03. The minimum absolute atomic E-state index is 0.116. The molecule has 0 saturated carbocycles. The van der Waals surface area contributed by atoms with Crippen molar-refractivity contribution in [2.24, 2.45) is 7.05 Å². The van der Waals surface area contributed by atoms with Crippen molar-refractivity contribution in [1.29, 1.82) is 0 Å². The second-order valence-corrected chi connectivity index (χ2v) is 8.90. The summed E-state index contributed by atoms with van der Waals surface area (Å²) in [5.74, 6) is -0.600. The Morgan fingerprint density at radius 3 is 2.43 bits per heavy atom. The first-order valence-corrected chi connectivity index (χ1v) is 11.6. The molecule has 172 valence electrons. The van der Waals surface area contributed by atoms with Crippen molar-refractivity contribution in [2.75, 3.05) is 13.7 Å². The van der Waals surface area contributed by atoms with Crippen LogP contribution in [0.2, 0.25) is 0 Å². The number of nitrogens with zero attached hydrogens (tertiary/aromatic N) is 2. The topological polar surface area (TPSA) is 51.5 Å². The highest BCUT2D eigenvalue weighted by atomic mass is 16.5. The lowest BCUT2D eigenvalue weighted by Gasteiger charge is -2.26. The molecule has 0 spiro atoms. The van der Waals surface area contributed by atoms with Crippen LogP contribution in [-0.4, -0.2) is 35.0 Å². The van der Waals surface area contributed by atoms with Gasteiger partial charge in [-0.15, -0.1) is 0 Å². The number of para-hydroxylation sites is 1. The van der Waals surface area contributed by atoms with Crippen LogP contribution in [0.4, 0.5) is 0 Å². The van der Waals surface area contributed by atoms with Gasteiger partial charge in [0.05, 0.1) is 18.8 Å². The molecule has 6 rings (SSSR count). The van der Waals surface area contributed by atoms with Gasteiger partial charge in [-0.05, 0) is 40.1 Å². The standard InChI is InChI=1S/C30H24N2O3/c1-31-25-14-8-7-13-24(25)27(28(31)21-16-15-19-9-3-4-10-20(19)17-21)29-22-11-5-6-12-23(22)30(34)32(29)18-26(33)35-2/h3-17,29H,18H2,1-2H3/t29-/m0/s1. The van der Waals surface area contributed by atoms with Crippen LogP contribution < -0.4 is 0 Å². The van der Waals surface area contributed by atoms with Crippen molar-refractivity contribution < 1.29 is 14.3 Å². The molecule has 1 aliphatic heterocycles. The highest BCUT2D eigenvalue weighted by Gasteiger charge is 2.41. The van der Waals surface area contributed by atoms with Gasteiger partial charge in [-0.1, -0.05) is 72.8 Å². The number of aromatic nitrogens is 1. The number of rotatable bonds is 4. The average molecular weight is 461 g/mol. The molecule has 1 amide bonds. The van der Waals surface area contributed by atoms with Crippen molar-refractivity contribution in [3.8, 4) is 11.3 Å². The van der Waals surface area contributed by atoms with E-state index < -0.39 is 12.0 Å². The zero-order valence-electron chi connectivity index (χ0n) is 19.6. The lowest BCUT2D eigenvalue weighted by atomic mass is 9.92. The molecule has 4 aromatic carbocycles. The fourth-order valence-electron chi connectivity index (χ4n) is 5.43. The number of aryl methyl sites for hydroxylation is 1. The molecule has 35 heavy (non-hydrogen) atoms. The number of fused-ring (bicyclic) bond motifs is 3. The Morgan fingerprint density at radius 1 is 0.886 bits per heavy atom. The van der Waals surface area contributed by atoms with E-state index in [4.69, 9.17) is 4.74 Å². The molecule has 5 nitrogen and oxygen atoms in total. The molecule has 0 N–H and O–H groups in total. The van der Waals surface area contributed by atoms with Gasteiger partial charge >= 0.3 is 5.97 Å². The summed E-state index contributed by atoms with van der Waals surface area (Å²) in [7, 11) is 3.41. The summed E-state index contributed by atoms with van der Waals surface area (Å²) >= 11 is 0. The van der Waals surface area contributed by atoms with Gasteiger partial charge in [0.1, 0.15) is 6.54 Å². The Bertz CT molecular complexity index is 1630. The third-order valence-corrected chi connectivity index (χ3v) is 7.03. The van der Waals surface area contributed by atoms with E-state index in [0.29, 0.717) is 5.56 Å². The molecular formula is C30H24N2O3. The molecule has 5 heteroatoms. The number of benzene rings is 4. The van der Waals surface area contributed by atoms with E-state index in [0.717, 1.165) is 38.7 Å². The van der Waals surface area contributed by atoms with E-state index in [1.807, 2.05) is 48.5 Å². The van der Waals surface area contributed by atoms with Gasteiger partial charge < -0.3 is 14.2 Å². The monoisotopic (exact) mass is 460 g/mol. The number of amides is 1. The maximum atomic E-state index is 13.5. The van der Waals surface area contributed by atoms with Crippen molar-refractivity contribution in [3.63, 3.8) is 0 Å². The van der Waals surface area contributed by atoms with Gasteiger partial charge in [-0.2, -0.15) is 0 Å². The Hall–Kier alpha value is -4.38. The van der Waals surface area contributed by atoms with Crippen LogP contribution in [0.25, 0.3) is 32.9 Å². The van der Waals surface area contributed by atoms with Crippen molar-refractivity contribution in [3.05, 3.63) is 108 Å². The fourth-order valence-corrected chi connectivity index (χ4v) is 5.43. The summed E-state index contributed by atoms with van der Waals surface area (Å²) < 4.78 is 7.15. The first kappa shape index (κ1) is 21.2. The first-order chi connectivity index (χ1) is 17.1. The number of carbonyl (C=O) groups excluding carboxylic acids is 2. The number of hydrogen-bond acceptors (Lipinski definition) is 3. The quantitative estimate of drug-likeness (QED) is 0.323. The Balaban J connectivity index is 1.66. The van der Waals surface area contributed by atoms with E-state index >= 15 is 0 Å². The van der Waals surface area contributed by atoms with E-state index in [-0.39, 0.29) is 12.5 Å². The summed E-state index contributed by atoms with van der Waals surface area (Å²) in [4.78, 5) is 27.5. The highest BCUT2D eigenvalue weighted by Crippen LogP contribution is 2.46. The molecule has 5 aromatic rings. The predicted molar refractivity (Wildman–Crippen MR) is 137 cm³/mol. The maximum absolute atomic E-state index is 13.5. The Labute approximate surface area is 203 Å². The number of ether oxygens (including phenoxy) is 1. The molecule has 2 heterocycles. The van der Waals surface area contributed by atoms with Crippen LogP contribution in [0.1, 0.15) is 27.5 Å². The largest absolute Gasteiger partial charge is 0.468 e. The Morgan fingerprint density at radius 2 is 1.60 bits per heavy atom. The number of hydrogen-bond donors (Lipinski definition) is 0. The predicted octanol–water partition coefficient (Wildman–Crippen LogP) is 5.72. The van der Waals surface area contributed by atoms with E-state index in [1.165, 1.54) is 12.5 Å². The lowest BCUT2D eigenvalue weighted by molar-refractivity contribution is -0.141. The molecule has 0 fully saturated rings. The van der Waals surface area contributed by atoms with Crippen LogP contribution in [0.5, 0.6) is 0 Å². The molecular weight excluding hydrogens is 436 g/mol. The van der Waals surface area contributed by atoms with Crippen molar-refractivity contribution in [1.82, 2.24) is 9.47 Å². The molecule has 0 bridgehead atoms. The normalized spacial score (nSPS) is 15.1. The second-order valence-electron chi connectivity index (χ2n) is 8.90. The first-order valence-electron chi connectivity index (χ1n) is 11.6. The zero-order valence-corrected chi connectivity index (χ0v) is 19.6. The Kier molecular flexibility index (Phi) is 4.92.